The number of unbranched alkanes of at least 4 members (excludes halogenated alkanes) is 3. The van der Waals surface area contributed by atoms with Crippen LogP contribution in [0.25, 0.3) is 0 Å². The molecule has 0 aromatic carbocycles. The molecule has 6 nitrogen and oxygen atoms in total. The molecule has 0 aromatic heterocycles. The van der Waals surface area contributed by atoms with Crippen LogP contribution in [0.15, 0.2) is 0 Å². The molecule has 174 valence electrons. The molecule has 1 unspecified atom stereocenters. The van der Waals surface area contributed by atoms with Gasteiger partial charge in [0.25, 0.3) is 8.53 Å². The molecule has 0 aromatic rings. The molecule has 1 saturated heterocycles. The number of hydrogen-bond acceptors (Lipinski definition) is 5. The highest BCUT2D eigenvalue weighted by atomic mass is 31.2. The molecule has 3 atom stereocenters. The standard InChI is InChI=1S/C23H44N3O3P/c1-7-9-10-11-15-23(27)25-17-12-14-22(21(25)8-2)29-30(28-18-13-16-24)26(19(3)4)20(5)6/h19-22H,7-15,17-18H2,1-6H3/t21-,22+,30?/m0/s1. The Kier molecular flexibility index (Phi) is 13.8. The normalized spacial score (nSPS) is 20.7. The Morgan fingerprint density at radius 3 is 2.47 bits per heavy atom. The Morgan fingerprint density at radius 2 is 1.90 bits per heavy atom. The summed E-state index contributed by atoms with van der Waals surface area (Å²) in [5.74, 6) is 0.269. The molecular weight excluding hydrogens is 397 g/mol. The number of amides is 1. The van der Waals surface area contributed by atoms with Crippen LogP contribution in [0.5, 0.6) is 0 Å². The van der Waals surface area contributed by atoms with E-state index >= 15 is 0 Å². The van der Waals surface area contributed by atoms with Crippen molar-refractivity contribution in [2.75, 3.05) is 13.2 Å². The van der Waals surface area contributed by atoms with E-state index in [1.807, 2.05) is 0 Å². The second-order valence-electron chi connectivity index (χ2n) is 8.71. The van der Waals surface area contributed by atoms with Crippen LogP contribution >= 0.6 is 8.53 Å². The van der Waals surface area contributed by atoms with Crippen molar-refractivity contribution in [2.45, 2.75) is 124 Å². The molecule has 0 spiro atoms. The van der Waals surface area contributed by atoms with Gasteiger partial charge in [-0.25, -0.2) is 4.67 Å². The van der Waals surface area contributed by atoms with Gasteiger partial charge in [0.2, 0.25) is 5.91 Å². The molecule has 1 aliphatic rings. The lowest BCUT2D eigenvalue weighted by atomic mass is 9.96. The van der Waals surface area contributed by atoms with E-state index in [9.17, 15) is 4.79 Å². The van der Waals surface area contributed by atoms with Gasteiger partial charge in [0.1, 0.15) is 0 Å². The Labute approximate surface area is 186 Å². The lowest BCUT2D eigenvalue weighted by Crippen LogP contribution is -2.51. The van der Waals surface area contributed by atoms with Crippen molar-refractivity contribution in [1.29, 1.82) is 5.26 Å². The van der Waals surface area contributed by atoms with Gasteiger partial charge in [-0.15, -0.1) is 0 Å². The number of hydrogen-bond donors (Lipinski definition) is 0. The number of piperidine rings is 1. The molecule has 0 bridgehead atoms. The fraction of sp³-hybridized carbons (Fsp3) is 0.913. The van der Waals surface area contributed by atoms with Crippen molar-refractivity contribution >= 4 is 14.4 Å². The van der Waals surface area contributed by atoms with Gasteiger partial charge in [0.05, 0.1) is 31.2 Å². The number of rotatable bonds is 14. The third-order valence-electron chi connectivity index (χ3n) is 5.59. The summed E-state index contributed by atoms with van der Waals surface area (Å²) >= 11 is 0. The SMILES string of the molecule is CCCCCCC(=O)N1CCC[C@@H](OP(OCCC#N)N(C(C)C)C(C)C)[C@@H]1CC. The van der Waals surface area contributed by atoms with E-state index in [1.165, 1.54) is 12.8 Å². The first-order valence-electron chi connectivity index (χ1n) is 11.9. The molecule has 1 amide bonds. The van der Waals surface area contributed by atoms with Crippen LogP contribution in [0, 0.1) is 11.3 Å². The molecular formula is C23H44N3O3P. The Morgan fingerprint density at radius 1 is 1.20 bits per heavy atom. The van der Waals surface area contributed by atoms with Gasteiger partial charge in [0.15, 0.2) is 0 Å². The van der Waals surface area contributed by atoms with E-state index in [4.69, 9.17) is 14.3 Å². The lowest BCUT2D eigenvalue weighted by Gasteiger charge is -2.44. The number of likely N-dealkylation sites (tertiary alicyclic amines) is 1. The van der Waals surface area contributed by atoms with Gasteiger partial charge < -0.3 is 13.9 Å². The zero-order chi connectivity index (χ0) is 22.5. The van der Waals surface area contributed by atoms with E-state index in [0.29, 0.717) is 19.4 Å². The summed E-state index contributed by atoms with van der Waals surface area (Å²) in [6.07, 6.45) is 8.26. The molecule has 30 heavy (non-hydrogen) atoms. The minimum Gasteiger partial charge on any atom is -0.337 e. The monoisotopic (exact) mass is 441 g/mol. The van der Waals surface area contributed by atoms with Gasteiger partial charge >= 0.3 is 0 Å². The van der Waals surface area contributed by atoms with Crippen LogP contribution in [-0.2, 0) is 13.8 Å². The van der Waals surface area contributed by atoms with Gasteiger partial charge in [0, 0.05) is 25.0 Å². The lowest BCUT2D eigenvalue weighted by molar-refractivity contribution is -0.138. The van der Waals surface area contributed by atoms with Gasteiger partial charge in [-0.05, 0) is 53.4 Å². The van der Waals surface area contributed by atoms with Gasteiger partial charge in [-0.1, -0.05) is 33.1 Å². The fourth-order valence-corrected chi connectivity index (χ4v) is 5.98. The zero-order valence-corrected chi connectivity index (χ0v) is 21.0. The average molecular weight is 442 g/mol. The summed E-state index contributed by atoms with van der Waals surface area (Å²) < 4.78 is 15.0. The molecule has 1 rings (SSSR count). The van der Waals surface area contributed by atoms with Gasteiger partial charge in [-0.2, -0.15) is 5.26 Å². The smallest absolute Gasteiger partial charge is 0.259 e. The molecule has 0 saturated carbocycles. The minimum absolute atomic E-state index is 0.0171. The third kappa shape index (κ3) is 8.79. The van der Waals surface area contributed by atoms with E-state index in [-0.39, 0.29) is 30.1 Å². The molecule has 0 aliphatic carbocycles. The van der Waals surface area contributed by atoms with Crippen molar-refractivity contribution in [3.8, 4) is 6.07 Å². The van der Waals surface area contributed by atoms with Crippen LogP contribution in [0.3, 0.4) is 0 Å². The molecule has 0 N–H and O–H groups in total. The summed E-state index contributed by atoms with van der Waals surface area (Å²) in [5, 5.41) is 8.92. The first-order valence-corrected chi connectivity index (χ1v) is 13.0. The largest absolute Gasteiger partial charge is 0.337 e. The second kappa shape index (κ2) is 15.1. The maximum Gasteiger partial charge on any atom is 0.259 e. The van der Waals surface area contributed by atoms with E-state index in [2.05, 4.69) is 57.2 Å². The van der Waals surface area contributed by atoms with Crippen LogP contribution in [0.2, 0.25) is 0 Å². The Balaban J connectivity index is 2.87. The summed E-state index contributed by atoms with van der Waals surface area (Å²) in [4.78, 5) is 15.0. The van der Waals surface area contributed by atoms with Crippen molar-refractivity contribution in [1.82, 2.24) is 9.57 Å². The van der Waals surface area contributed by atoms with Crippen molar-refractivity contribution < 1.29 is 13.8 Å². The van der Waals surface area contributed by atoms with Crippen molar-refractivity contribution in [3.05, 3.63) is 0 Å². The third-order valence-corrected chi connectivity index (χ3v) is 7.74. The quantitative estimate of drug-likeness (QED) is 0.244. The Bertz CT molecular complexity index is 516. The maximum absolute atomic E-state index is 12.9. The van der Waals surface area contributed by atoms with Crippen molar-refractivity contribution in [3.63, 3.8) is 0 Å². The summed E-state index contributed by atoms with van der Waals surface area (Å²) in [7, 11) is -1.28. The number of carbonyl (C=O) groups excluding carboxylic acids is 1. The summed E-state index contributed by atoms with van der Waals surface area (Å²) in [5.41, 5.74) is 0. The minimum atomic E-state index is -1.28. The van der Waals surface area contributed by atoms with E-state index in [1.54, 1.807) is 0 Å². The first-order chi connectivity index (χ1) is 14.4. The zero-order valence-electron chi connectivity index (χ0n) is 20.1. The van der Waals surface area contributed by atoms with Crippen LogP contribution in [-0.4, -0.2) is 52.9 Å². The van der Waals surface area contributed by atoms with E-state index < -0.39 is 8.53 Å². The summed E-state index contributed by atoms with van der Waals surface area (Å²) in [6, 6.07) is 2.81. The topological polar surface area (TPSA) is 65.8 Å². The van der Waals surface area contributed by atoms with Gasteiger partial charge in [-0.3, -0.25) is 4.79 Å². The highest BCUT2D eigenvalue weighted by molar-refractivity contribution is 7.44. The highest BCUT2D eigenvalue weighted by Crippen LogP contribution is 2.49. The van der Waals surface area contributed by atoms with Crippen LogP contribution < -0.4 is 0 Å². The summed E-state index contributed by atoms with van der Waals surface area (Å²) in [6.45, 7) is 14.1. The first kappa shape index (κ1) is 27.3. The fourth-order valence-electron chi connectivity index (χ4n) is 4.19. The number of nitrogens with zero attached hydrogens (tertiary/aromatic N) is 3. The molecule has 1 fully saturated rings. The number of carbonyl (C=O) groups is 1. The predicted octanol–water partition coefficient (Wildman–Crippen LogP) is 6.02. The number of nitriles is 1. The highest BCUT2D eigenvalue weighted by Gasteiger charge is 2.38. The van der Waals surface area contributed by atoms with Crippen molar-refractivity contribution in [2.24, 2.45) is 0 Å². The second-order valence-corrected chi connectivity index (χ2v) is 10.1. The van der Waals surface area contributed by atoms with Crippen LogP contribution in [0.4, 0.5) is 0 Å². The van der Waals surface area contributed by atoms with E-state index in [0.717, 1.165) is 38.6 Å². The average Bonchev–Trinajstić information content (AvgIpc) is 2.70. The molecule has 1 heterocycles. The van der Waals surface area contributed by atoms with Crippen LogP contribution in [0.1, 0.15) is 99.3 Å². The molecule has 1 aliphatic heterocycles. The Hall–Kier alpha value is -0.730. The molecule has 7 heteroatoms. The molecule has 0 radical (unpaired) electrons. The predicted molar refractivity (Wildman–Crippen MR) is 124 cm³/mol. The maximum atomic E-state index is 12.9.